The van der Waals surface area contributed by atoms with Crippen molar-refractivity contribution in [1.82, 2.24) is 16.2 Å². The number of nitrogens with one attached hydrogen (secondary N) is 4. The number of hydrazine groups is 1. The van der Waals surface area contributed by atoms with Gasteiger partial charge in [-0.2, -0.15) is 0 Å². The van der Waals surface area contributed by atoms with Crippen LogP contribution in [0.15, 0.2) is 18.2 Å². The molecular formula is C13H13ClN4O2. The van der Waals surface area contributed by atoms with Crippen LogP contribution in [0, 0.1) is 5.92 Å². The van der Waals surface area contributed by atoms with Gasteiger partial charge in [-0.1, -0.05) is 11.6 Å². The van der Waals surface area contributed by atoms with Gasteiger partial charge in [0, 0.05) is 29.6 Å². The van der Waals surface area contributed by atoms with Gasteiger partial charge in [0.15, 0.2) is 0 Å². The molecule has 0 radical (unpaired) electrons. The van der Waals surface area contributed by atoms with Gasteiger partial charge in [0.1, 0.15) is 0 Å². The average molecular weight is 293 g/mol. The second kappa shape index (κ2) is 3.94. The van der Waals surface area contributed by atoms with E-state index in [1.807, 2.05) is 0 Å². The molecule has 2 saturated heterocycles. The zero-order valence-corrected chi connectivity index (χ0v) is 11.3. The van der Waals surface area contributed by atoms with Crippen LogP contribution < -0.4 is 21.5 Å². The first-order chi connectivity index (χ1) is 9.61. The monoisotopic (exact) mass is 292 g/mol. The minimum atomic E-state index is -0.844. The molecule has 1 spiro atoms. The maximum Gasteiger partial charge on any atom is 0.236 e. The zero-order chi connectivity index (χ0) is 13.9. The molecule has 4 rings (SSSR count). The normalized spacial score (nSPS) is 34.6. The van der Waals surface area contributed by atoms with E-state index in [0.29, 0.717) is 11.6 Å². The van der Waals surface area contributed by atoms with Gasteiger partial charge >= 0.3 is 0 Å². The summed E-state index contributed by atoms with van der Waals surface area (Å²) in [7, 11) is 0. The number of rotatable bonds is 0. The van der Waals surface area contributed by atoms with E-state index in [0.717, 1.165) is 11.3 Å². The van der Waals surface area contributed by atoms with E-state index in [2.05, 4.69) is 21.5 Å². The van der Waals surface area contributed by atoms with Crippen LogP contribution in [-0.4, -0.2) is 24.5 Å². The summed E-state index contributed by atoms with van der Waals surface area (Å²) in [5, 5.41) is 6.33. The molecule has 1 aromatic rings. The molecule has 6 nitrogen and oxygen atoms in total. The van der Waals surface area contributed by atoms with E-state index < -0.39 is 5.41 Å². The van der Waals surface area contributed by atoms with Gasteiger partial charge in [0.25, 0.3) is 0 Å². The van der Waals surface area contributed by atoms with Crippen molar-refractivity contribution in [2.75, 3.05) is 11.9 Å². The maximum absolute atomic E-state index is 12.6. The number of halogens is 1. The molecule has 3 heterocycles. The molecule has 3 atom stereocenters. The Balaban J connectivity index is 1.92. The number of anilines is 1. The van der Waals surface area contributed by atoms with Crippen molar-refractivity contribution in [2.45, 2.75) is 18.0 Å². The van der Waals surface area contributed by atoms with Crippen molar-refractivity contribution in [3.8, 4) is 0 Å². The van der Waals surface area contributed by atoms with E-state index in [1.54, 1.807) is 18.2 Å². The highest BCUT2D eigenvalue weighted by Crippen LogP contribution is 2.49. The Morgan fingerprint density at radius 1 is 1.30 bits per heavy atom. The van der Waals surface area contributed by atoms with Gasteiger partial charge in [-0.3, -0.25) is 15.0 Å². The van der Waals surface area contributed by atoms with Crippen molar-refractivity contribution >= 4 is 29.1 Å². The highest BCUT2D eigenvalue weighted by molar-refractivity contribution is 6.31. The highest BCUT2D eigenvalue weighted by Gasteiger charge is 2.59. The van der Waals surface area contributed by atoms with Crippen LogP contribution >= 0.6 is 11.6 Å². The van der Waals surface area contributed by atoms with Gasteiger partial charge in [-0.15, -0.1) is 0 Å². The number of amides is 2. The molecular weight excluding hydrogens is 280 g/mol. The van der Waals surface area contributed by atoms with Crippen LogP contribution in [0.2, 0.25) is 5.02 Å². The van der Waals surface area contributed by atoms with Crippen molar-refractivity contribution in [3.63, 3.8) is 0 Å². The Morgan fingerprint density at radius 3 is 3.00 bits per heavy atom. The Hall–Kier alpha value is -1.63. The summed E-state index contributed by atoms with van der Waals surface area (Å²) in [5.41, 5.74) is 6.77. The molecule has 7 heteroatoms. The van der Waals surface area contributed by atoms with Gasteiger partial charge in [0.05, 0.1) is 11.6 Å². The number of hydrogen-bond acceptors (Lipinski definition) is 4. The first kappa shape index (κ1) is 12.1. The van der Waals surface area contributed by atoms with Crippen LogP contribution in [-0.2, 0) is 15.0 Å². The van der Waals surface area contributed by atoms with Gasteiger partial charge in [-0.25, -0.2) is 5.43 Å². The van der Waals surface area contributed by atoms with Crippen molar-refractivity contribution < 1.29 is 9.59 Å². The Kier molecular flexibility index (Phi) is 2.39. The summed E-state index contributed by atoms with van der Waals surface area (Å²) in [5.74, 6) is -0.296. The van der Waals surface area contributed by atoms with Gasteiger partial charge in [0.2, 0.25) is 11.8 Å². The van der Waals surface area contributed by atoms with Crippen LogP contribution in [0.3, 0.4) is 0 Å². The molecule has 3 aliphatic rings. The lowest BCUT2D eigenvalue weighted by molar-refractivity contribution is -0.134. The van der Waals surface area contributed by atoms with E-state index in [-0.39, 0.29) is 30.3 Å². The highest BCUT2D eigenvalue weighted by atomic mass is 35.5. The van der Waals surface area contributed by atoms with E-state index in [1.165, 1.54) is 0 Å². The summed E-state index contributed by atoms with van der Waals surface area (Å²) < 4.78 is 0. The smallest absolute Gasteiger partial charge is 0.236 e. The SMILES string of the molecule is O=C1CC2(C(=O)Nc3ccc(Cl)cc32)C2CNNC2N1. The summed E-state index contributed by atoms with van der Waals surface area (Å²) >= 11 is 6.08. The molecule has 20 heavy (non-hydrogen) atoms. The molecule has 3 unspecified atom stereocenters. The van der Waals surface area contributed by atoms with E-state index in [4.69, 9.17) is 11.6 Å². The Labute approximate surface area is 120 Å². The van der Waals surface area contributed by atoms with Crippen molar-refractivity contribution in [1.29, 1.82) is 0 Å². The summed E-state index contributed by atoms with van der Waals surface area (Å²) in [6, 6.07) is 5.33. The van der Waals surface area contributed by atoms with E-state index >= 15 is 0 Å². The average Bonchev–Trinajstić information content (AvgIpc) is 2.96. The topological polar surface area (TPSA) is 82.3 Å². The number of carbonyl (C=O) groups excluding carboxylic acids is 2. The predicted molar refractivity (Wildman–Crippen MR) is 72.9 cm³/mol. The quantitative estimate of drug-likeness (QED) is 0.547. The zero-order valence-electron chi connectivity index (χ0n) is 10.5. The number of piperidine rings is 1. The summed E-state index contributed by atoms with van der Waals surface area (Å²) in [6.07, 6.45) is -0.0941. The van der Waals surface area contributed by atoms with Crippen LogP contribution in [0.5, 0.6) is 0 Å². The molecule has 4 N–H and O–H groups in total. The van der Waals surface area contributed by atoms with Crippen LogP contribution in [0.25, 0.3) is 0 Å². The van der Waals surface area contributed by atoms with Gasteiger partial charge in [-0.05, 0) is 23.8 Å². The fourth-order valence-corrected chi connectivity index (χ4v) is 3.77. The second-order valence-electron chi connectivity index (χ2n) is 5.47. The molecule has 104 valence electrons. The molecule has 0 aliphatic carbocycles. The molecule has 1 aromatic carbocycles. The lowest BCUT2D eigenvalue weighted by Gasteiger charge is -2.40. The van der Waals surface area contributed by atoms with Crippen molar-refractivity contribution in [3.05, 3.63) is 28.8 Å². The molecule has 0 aromatic heterocycles. The van der Waals surface area contributed by atoms with Crippen molar-refractivity contribution in [2.24, 2.45) is 5.92 Å². The summed E-state index contributed by atoms with van der Waals surface area (Å²) in [6.45, 7) is 0.615. The fourth-order valence-electron chi connectivity index (χ4n) is 3.60. The first-order valence-electron chi connectivity index (χ1n) is 6.50. The lowest BCUT2D eigenvalue weighted by atomic mass is 9.66. The minimum Gasteiger partial charge on any atom is -0.339 e. The number of carbonyl (C=O) groups is 2. The summed E-state index contributed by atoms with van der Waals surface area (Å²) in [4.78, 5) is 24.6. The third-order valence-electron chi connectivity index (χ3n) is 4.49. The standard InChI is InChI=1S/C13H13ClN4O2/c14-6-1-2-9-7(3-6)13(12(20)16-9)4-10(19)17-11-8(13)5-15-18-11/h1-3,8,11,15,18H,4-5H2,(H,16,20)(H,17,19). The third kappa shape index (κ3) is 1.41. The lowest BCUT2D eigenvalue weighted by Crippen LogP contribution is -2.61. The molecule has 3 aliphatic heterocycles. The number of benzene rings is 1. The molecule has 2 fully saturated rings. The Bertz CT molecular complexity index is 635. The second-order valence-corrected chi connectivity index (χ2v) is 5.91. The molecule has 2 amide bonds. The van der Waals surface area contributed by atoms with Crippen LogP contribution in [0.4, 0.5) is 5.69 Å². The van der Waals surface area contributed by atoms with E-state index in [9.17, 15) is 9.59 Å². The fraction of sp³-hybridized carbons (Fsp3) is 0.385. The molecule has 0 saturated carbocycles. The van der Waals surface area contributed by atoms with Gasteiger partial charge < -0.3 is 10.6 Å². The number of hydrogen-bond donors (Lipinski definition) is 4. The number of fused-ring (bicyclic) bond motifs is 4. The van der Waals surface area contributed by atoms with Crippen LogP contribution in [0.1, 0.15) is 12.0 Å². The largest absolute Gasteiger partial charge is 0.339 e. The third-order valence-corrected chi connectivity index (χ3v) is 4.72. The maximum atomic E-state index is 12.6. The first-order valence-corrected chi connectivity index (χ1v) is 6.88. The Morgan fingerprint density at radius 2 is 2.15 bits per heavy atom. The predicted octanol–water partition coefficient (Wildman–Crippen LogP) is 0.0999. The molecule has 0 bridgehead atoms. The minimum absolute atomic E-state index is 0.0417.